The first-order valence-electron chi connectivity index (χ1n) is 1.31. The minimum Gasteiger partial charge on any atom is -0.450 e. The summed E-state index contributed by atoms with van der Waals surface area (Å²) in [5.41, 5.74) is 0. The molecule has 0 bridgehead atoms. The van der Waals surface area contributed by atoms with Crippen molar-refractivity contribution in [2.45, 2.75) is 0 Å². The molecule has 0 rings (SSSR count). The summed E-state index contributed by atoms with van der Waals surface area (Å²) >= 11 is -1.72. The van der Waals surface area contributed by atoms with Gasteiger partial charge >= 0.3 is 17.5 Å². The first-order valence-corrected chi connectivity index (χ1v) is 6.54. The number of hydrogen-bond acceptors (Lipinski definition) is 1. The second kappa shape index (κ2) is 11.9. The predicted molar refractivity (Wildman–Crippen MR) is 34.0 cm³/mol. The van der Waals surface area contributed by atoms with E-state index in [2.05, 4.69) is 0 Å². The molecule has 0 aliphatic heterocycles. The van der Waals surface area contributed by atoms with E-state index in [9.17, 15) is 0 Å². The molecule has 2 N–H and O–H groups in total. The van der Waals surface area contributed by atoms with Gasteiger partial charge in [0.05, 0.1) is 0 Å². The van der Waals surface area contributed by atoms with Crippen molar-refractivity contribution < 1.29 is 32.1 Å². The summed E-state index contributed by atoms with van der Waals surface area (Å²) in [5.74, 6) is 0. The first-order chi connectivity index (χ1) is 3.46. The topological polar surface area (TPSA) is 57.5 Å². The van der Waals surface area contributed by atoms with E-state index in [1.165, 1.54) is 0 Å². The minimum atomic E-state index is -1.83. The molecule has 0 aliphatic rings. The van der Waals surface area contributed by atoms with Gasteiger partial charge in [0.1, 0.15) is 0 Å². The smallest absolute Gasteiger partial charge is 0.450 e. The van der Waals surface area contributed by atoms with Gasteiger partial charge in [-0.3, -0.25) is 0 Å². The van der Waals surface area contributed by atoms with Crippen LogP contribution in [0.15, 0.2) is 0 Å². The van der Waals surface area contributed by atoms with E-state index >= 15 is 0 Å². The van der Waals surface area contributed by atoms with Gasteiger partial charge < -0.3 is 10.2 Å². The van der Waals surface area contributed by atoms with Gasteiger partial charge in [-0.2, -0.15) is 0 Å². The van der Waals surface area contributed by atoms with Gasteiger partial charge in [-0.25, -0.2) is 34.9 Å². The molecule has 0 aromatic heterocycles. The summed E-state index contributed by atoms with van der Waals surface area (Å²) in [6.45, 7) is 0. The Labute approximate surface area is 79.4 Å². The summed E-state index contributed by atoms with van der Waals surface area (Å²) < 4.78 is 0. The molecular weight excluding hydrogens is 257 g/mol. The number of halogens is 3. The number of rotatable bonds is 0. The Morgan fingerprint density at radius 1 is 1.22 bits per heavy atom. The van der Waals surface area contributed by atoms with Gasteiger partial charge in [-0.15, -0.1) is 0 Å². The Kier molecular flexibility index (Phi) is 22.1. The molecule has 0 saturated carbocycles. The van der Waals surface area contributed by atoms with Crippen LogP contribution in [-0.4, -0.2) is 27.8 Å². The summed E-state index contributed by atoms with van der Waals surface area (Å²) in [6.07, 6.45) is -1.83. The van der Waals surface area contributed by atoms with Gasteiger partial charge in [-0.05, 0) is 0 Å². The van der Waals surface area contributed by atoms with Gasteiger partial charge in [0.2, 0.25) is 0 Å². The first kappa shape index (κ1) is 16.6. The van der Waals surface area contributed by atoms with E-state index in [0.717, 1.165) is 0 Å². The van der Waals surface area contributed by atoms with E-state index in [1.807, 2.05) is 0 Å². The van der Waals surface area contributed by atoms with Crippen molar-refractivity contribution >= 4 is 47.7 Å². The minimum absolute atomic E-state index is 0. The molecule has 0 amide bonds. The van der Waals surface area contributed by atoms with Crippen LogP contribution in [-0.2, 0) is 17.1 Å². The monoisotopic (exact) mass is 257 g/mol. The van der Waals surface area contributed by atoms with Gasteiger partial charge in [-0.1, -0.05) is 0 Å². The third-order valence-electron chi connectivity index (χ3n) is 0. The van der Waals surface area contributed by atoms with Crippen LogP contribution in [0.5, 0.6) is 0 Å². The van der Waals surface area contributed by atoms with Crippen molar-refractivity contribution in [2.24, 2.45) is 0 Å². The summed E-state index contributed by atoms with van der Waals surface area (Å²) in [6, 6.07) is 0. The van der Waals surface area contributed by atoms with E-state index < -0.39 is 17.5 Å². The molecule has 0 aromatic carbocycles. The quantitative estimate of drug-likeness (QED) is 0.653. The Morgan fingerprint density at radius 2 is 1.22 bits per heavy atom. The Bertz CT molecular complexity index is 63.3. The molecule has 9 heavy (non-hydrogen) atoms. The second-order valence-electron chi connectivity index (χ2n) is 0.530. The average molecular weight is 259 g/mol. The molecule has 8 heteroatoms. The second-order valence-corrected chi connectivity index (χ2v) is 6.96. The van der Waals surface area contributed by atoms with Crippen LogP contribution in [0.25, 0.3) is 0 Å². The molecule has 1 radical (unpaired) electrons. The van der Waals surface area contributed by atoms with Crippen LogP contribution in [0.1, 0.15) is 0 Å². The molecule has 0 aliphatic carbocycles. The molecular formula is CH2AlCl3CuO3. The molecule has 59 valence electrons. The van der Waals surface area contributed by atoms with Crippen LogP contribution in [0.4, 0.5) is 4.79 Å². The maximum Gasteiger partial charge on any atom is 0.643 e. The fraction of sp³-hybridized carbons (Fsp3) is 0. The van der Waals surface area contributed by atoms with E-state index in [1.54, 1.807) is 0 Å². The fourth-order valence-electron chi connectivity index (χ4n) is 0. The average Bonchev–Trinajstić information content (AvgIpc) is 1.25. The number of carbonyl (C=O) groups is 1. The molecule has 0 saturated heterocycles. The third-order valence-corrected chi connectivity index (χ3v) is 0. The van der Waals surface area contributed by atoms with Crippen molar-refractivity contribution in [3.05, 3.63) is 0 Å². The van der Waals surface area contributed by atoms with E-state index in [-0.39, 0.29) is 17.1 Å². The standard InChI is InChI=1S/CH2O3.Al.3ClH.Cu/c2-1(3)4;;;;;/h(H2,2,3,4);;3*1H;/q;+3;;;;/p-3. The predicted octanol–water partition coefficient (Wildman–Crippen LogP) is 1.91. The van der Waals surface area contributed by atoms with Crippen LogP contribution >= 0.6 is 30.1 Å². The molecule has 0 atom stereocenters. The normalized spacial score (nSPS) is 5.67. The molecule has 0 spiro atoms. The maximum atomic E-state index is 8.56. The summed E-state index contributed by atoms with van der Waals surface area (Å²) in [5, 5.41) is 13.9. The summed E-state index contributed by atoms with van der Waals surface area (Å²) in [7, 11) is 14.8. The van der Waals surface area contributed by atoms with Gasteiger partial charge in [0, 0.05) is 17.1 Å². The molecule has 0 unspecified atom stereocenters. The van der Waals surface area contributed by atoms with Crippen molar-refractivity contribution in [1.82, 2.24) is 0 Å². The molecule has 0 heterocycles. The molecule has 3 nitrogen and oxygen atoms in total. The Morgan fingerprint density at radius 3 is 1.22 bits per heavy atom. The van der Waals surface area contributed by atoms with Crippen LogP contribution < -0.4 is 0 Å². The van der Waals surface area contributed by atoms with Gasteiger partial charge in [0.25, 0.3) is 0 Å². The van der Waals surface area contributed by atoms with Crippen LogP contribution in [0.3, 0.4) is 0 Å². The third kappa shape index (κ3) is 335. The Hall–Kier alpha value is 1.19. The van der Waals surface area contributed by atoms with Crippen molar-refractivity contribution in [1.29, 1.82) is 0 Å². The SMILES string of the molecule is O=C(O)O.[Cl][Al]([Cl])[Cl].[Cu]. The zero-order chi connectivity index (χ0) is 7.15. The number of hydrogen-bond donors (Lipinski definition) is 2. The van der Waals surface area contributed by atoms with Crippen molar-refractivity contribution in [2.75, 3.05) is 0 Å². The van der Waals surface area contributed by atoms with Crippen molar-refractivity contribution in [3.8, 4) is 0 Å². The van der Waals surface area contributed by atoms with Crippen molar-refractivity contribution in [3.63, 3.8) is 0 Å². The van der Waals surface area contributed by atoms with Gasteiger partial charge in [0.15, 0.2) is 0 Å². The van der Waals surface area contributed by atoms with Crippen LogP contribution in [0, 0.1) is 0 Å². The molecule has 0 aromatic rings. The zero-order valence-corrected chi connectivity index (χ0v) is 8.18. The summed E-state index contributed by atoms with van der Waals surface area (Å²) in [4.78, 5) is 8.56. The van der Waals surface area contributed by atoms with E-state index in [0.29, 0.717) is 0 Å². The maximum absolute atomic E-state index is 8.56. The fourth-order valence-corrected chi connectivity index (χ4v) is 0. The number of carboxylic acid groups (broad SMARTS) is 2. The Balaban J connectivity index is -0.0000000720. The zero-order valence-electron chi connectivity index (χ0n) is 3.82. The van der Waals surface area contributed by atoms with Crippen LogP contribution in [0.2, 0.25) is 0 Å². The molecule has 0 fully saturated rings. The largest absolute Gasteiger partial charge is 0.643 e. The van der Waals surface area contributed by atoms with E-state index in [4.69, 9.17) is 45.2 Å².